The summed E-state index contributed by atoms with van der Waals surface area (Å²) >= 11 is 4.59. The zero-order valence-corrected chi connectivity index (χ0v) is 12.9. The number of aromatic carboxylic acids is 1. The van der Waals surface area contributed by atoms with E-state index in [1.807, 2.05) is 30.3 Å². The van der Waals surface area contributed by atoms with Crippen LogP contribution in [0.3, 0.4) is 0 Å². The molecule has 0 bridgehead atoms. The highest BCUT2D eigenvalue weighted by atomic mass is 79.9. The average Bonchev–Trinajstić information content (AvgIpc) is 2.49. The smallest absolute Gasteiger partial charge is 0.357 e. The zero-order chi connectivity index (χ0) is 14.8. The SMILES string of the molecule is O=C(O)c1nnc2ccccc2c1Sc1ccc(Br)cn1. The number of pyridine rings is 1. The number of halogens is 1. The summed E-state index contributed by atoms with van der Waals surface area (Å²) in [6.45, 7) is 0. The number of carboxylic acid groups (broad SMARTS) is 1. The Hall–Kier alpha value is -1.99. The number of carbonyl (C=O) groups is 1. The van der Waals surface area contributed by atoms with Crippen molar-refractivity contribution in [2.45, 2.75) is 9.92 Å². The van der Waals surface area contributed by atoms with Crippen LogP contribution in [-0.2, 0) is 0 Å². The van der Waals surface area contributed by atoms with Gasteiger partial charge in [0.05, 0.1) is 10.4 Å². The Morgan fingerprint density at radius 2 is 1.95 bits per heavy atom. The van der Waals surface area contributed by atoms with Crippen LogP contribution < -0.4 is 0 Å². The van der Waals surface area contributed by atoms with Crippen molar-refractivity contribution in [1.29, 1.82) is 0 Å². The number of hydrogen-bond donors (Lipinski definition) is 1. The van der Waals surface area contributed by atoms with Crippen LogP contribution in [0.15, 0.2) is 57.0 Å². The first-order chi connectivity index (χ1) is 10.1. The number of nitrogens with zero attached hydrogens (tertiary/aromatic N) is 3. The fraction of sp³-hybridized carbons (Fsp3) is 0. The number of fused-ring (bicyclic) bond motifs is 1. The minimum absolute atomic E-state index is 0.0663. The van der Waals surface area contributed by atoms with Crippen molar-refractivity contribution in [3.05, 3.63) is 52.8 Å². The minimum atomic E-state index is -1.10. The molecule has 21 heavy (non-hydrogen) atoms. The maximum absolute atomic E-state index is 11.4. The van der Waals surface area contributed by atoms with Crippen molar-refractivity contribution in [1.82, 2.24) is 15.2 Å². The third-order valence-electron chi connectivity index (χ3n) is 2.73. The van der Waals surface area contributed by atoms with E-state index in [4.69, 9.17) is 0 Å². The van der Waals surface area contributed by atoms with Crippen LogP contribution in [-0.4, -0.2) is 26.3 Å². The van der Waals surface area contributed by atoms with Crippen LogP contribution in [0.1, 0.15) is 10.5 Å². The molecule has 3 aromatic rings. The lowest BCUT2D eigenvalue weighted by Crippen LogP contribution is -2.05. The molecule has 0 saturated heterocycles. The number of benzene rings is 1. The third-order valence-corrected chi connectivity index (χ3v) is 4.27. The second kappa shape index (κ2) is 5.79. The third kappa shape index (κ3) is 2.88. The molecule has 5 nitrogen and oxygen atoms in total. The van der Waals surface area contributed by atoms with Crippen LogP contribution in [0.2, 0.25) is 0 Å². The lowest BCUT2D eigenvalue weighted by molar-refractivity contribution is 0.0685. The van der Waals surface area contributed by atoms with E-state index in [-0.39, 0.29) is 5.69 Å². The summed E-state index contributed by atoms with van der Waals surface area (Å²) in [5.74, 6) is -1.10. The molecule has 0 aliphatic carbocycles. The van der Waals surface area contributed by atoms with E-state index in [0.717, 1.165) is 9.86 Å². The molecule has 0 aliphatic heterocycles. The molecule has 0 fully saturated rings. The highest BCUT2D eigenvalue weighted by Gasteiger charge is 2.18. The topological polar surface area (TPSA) is 76.0 Å². The van der Waals surface area contributed by atoms with Gasteiger partial charge >= 0.3 is 5.97 Å². The fourth-order valence-electron chi connectivity index (χ4n) is 1.80. The molecule has 0 aliphatic rings. The predicted molar refractivity (Wildman–Crippen MR) is 82.6 cm³/mol. The number of carboxylic acids is 1. The first kappa shape index (κ1) is 14.0. The number of rotatable bonds is 3. The van der Waals surface area contributed by atoms with Crippen molar-refractivity contribution < 1.29 is 9.90 Å². The van der Waals surface area contributed by atoms with Crippen LogP contribution in [0.4, 0.5) is 0 Å². The normalized spacial score (nSPS) is 10.7. The Bertz CT molecular complexity index is 824. The van der Waals surface area contributed by atoms with Crippen LogP contribution in [0, 0.1) is 0 Å². The van der Waals surface area contributed by atoms with E-state index >= 15 is 0 Å². The molecule has 0 radical (unpaired) electrons. The molecular weight excluding hydrogens is 354 g/mol. The number of aromatic nitrogens is 3. The van der Waals surface area contributed by atoms with Crippen molar-refractivity contribution in [3.63, 3.8) is 0 Å². The predicted octanol–water partition coefficient (Wildman–Crippen LogP) is 3.64. The van der Waals surface area contributed by atoms with Crippen LogP contribution in [0.5, 0.6) is 0 Å². The molecule has 3 rings (SSSR count). The quantitative estimate of drug-likeness (QED) is 0.767. The average molecular weight is 362 g/mol. The molecule has 1 aromatic carbocycles. The van der Waals surface area contributed by atoms with Gasteiger partial charge in [0.15, 0.2) is 5.69 Å². The molecule has 0 atom stereocenters. The largest absolute Gasteiger partial charge is 0.476 e. The van der Waals surface area contributed by atoms with Crippen molar-refractivity contribution in [3.8, 4) is 0 Å². The molecule has 0 amide bonds. The van der Waals surface area contributed by atoms with Gasteiger partial charge in [-0.25, -0.2) is 9.78 Å². The van der Waals surface area contributed by atoms with E-state index in [1.165, 1.54) is 11.8 Å². The van der Waals surface area contributed by atoms with E-state index in [1.54, 1.807) is 12.3 Å². The van der Waals surface area contributed by atoms with E-state index in [9.17, 15) is 9.90 Å². The second-order valence-corrected chi connectivity index (χ2v) is 6.06. The standard InChI is InChI=1S/C14H8BrN3O2S/c15-8-5-6-11(16-7-8)21-13-9-3-1-2-4-10(9)17-18-12(13)14(19)20/h1-7H,(H,19,20). The van der Waals surface area contributed by atoms with Gasteiger partial charge in [0.2, 0.25) is 0 Å². The molecule has 0 unspecified atom stereocenters. The molecule has 7 heteroatoms. The molecule has 0 saturated carbocycles. The van der Waals surface area contributed by atoms with Gasteiger partial charge in [-0.05, 0) is 34.1 Å². The summed E-state index contributed by atoms with van der Waals surface area (Å²) in [7, 11) is 0. The Kier molecular flexibility index (Phi) is 3.85. The molecule has 2 heterocycles. The monoisotopic (exact) mass is 361 g/mol. The first-order valence-corrected chi connectivity index (χ1v) is 7.54. The van der Waals surface area contributed by atoms with Gasteiger partial charge < -0.3 is 5.11 Å². The van der Waals surface area contributed by atoms with Crippen molar-refractivity contribution >= 4 is 44.6 Å². The first-order valence-electron chi connectivity index (χ1n) is 5.93. The molecular formula is C14H8BrN3O2S. The van der Waals surface area contributed by atoms with Gasteiger partial charge in [-0.2, -0.15) is 0 Å². The summed E-state index contributed by atoms with van der Waals surface area (Å²) in [5, 5.41) is 18.5. The van der Waals surface area contributed by atoms with E-state index in [0.29, 0.717) is 15.4 Å². The van der Waals surface area contributed by atoms with E-state index < -0.39 is 5.97 Å². The summed E-state index contributed by atoms with van der Waals surface area (Å²) in [4.78, 5) is 16.2. The van der Waals surface area contributed by atoms with Gasteiger partial charge in [0.1, 0.15) is 5.03 Å². The Labute approximate surface area is 132 Å². The van der Waals surface area contributed by atoms with E-state index in [2.05, 4.69) is 31.1 Å². The van der Waals surface area contributed by atoms with Gasteiger partial charge in [-0.3, -0.25) is 0 Å². The van der Waals surface area contributed by atoms with Gasteiger partial charge in [-0.1, -0.05) is 30.0 Å². The molecule has 104 valence electrons. The number of hydrogen-bond acceptors (Lipinski definition) is 5. The Balaban J connectivity index is 2.16. The fourth-order valence-corrected chi connectivity index (χ4v) is 2.99. The molecule has 2 aromatic heterocycles. The Morgan fingerprint density at radius 1 is 1.14 bits per heavy atom. The summed E-state index contributed by atoms with van der Waals surface area (Å²) in [6.07, 6.45) is 1.67. The highest BCUT2D eigenvalue weighted by Crippen LogP contribution is 2.34. The maximum atomic E-state index is 11.4. The lowest BCUT2D eigenvalue weighted by Gasteiger charge is -2.07. The van der Waals surface area contributed by atoms with Crippen molar-refractivity contribution in [2.75, 3.05) is 0 Å². The summed E-state index contributed by atoms with van der Waals surface area (Å²) < 4.78 is 0.864. The van der Waals surface area contributed by atoms with Gasteiger partial charge in [-0.15, -0.1) is 10.2 Å². The molecule has 1 N–H and O–H groups in total. The zero-order valence-electron chi connectivity index (χ0n) is 10.5. The van der Waals surface area contributed by atoms with Crippen molar-refractivity contribution in [2.24, 2.45) is 0 Å². The van der Waals surface area contributed by atoms with Gasteiger partial charge in [0, 0.05) is 16.1 Å². The second-order valence-electron chi connectivity index (χ2n) is 4.12. The van der Waals surface area contributed by atoms with Gasteiger partial charge in [0.25, 0.3) is 0 Å². The summed E-state index contributed by atoms with van der Waals surface area (Å²) in [5.41, 5.74) is 0.588. The Morgan fingerprint density at radius 3 is 2.67 bits per heavy atom. The van der Waals surface area contributed by atoms with Crippen LogP contribution in [0.25, 0.3) is 10.9 Å². The maximum Gasteiger partial charge on any atom is 0.357 e. The lowest BCUT2D eigenvalue weighted by atomic mass is 10.2. The summed E-state index contributed by atoms with van der Waals surface area (Å²) in [6, 6.07) is 11.0. The molecule has 0 spiro atoms. The minimum Gasteiger partial charge on any atom is -0.476 e. The van der Waals surface area contributed by atoms with Crippen LogP contribution >= 0.6 is 27.7 Å². The highest BCUT2D eigenvalue weighted by molar-refractivity contribution is 9.10.